The number of aliphatic hydroxyl groups excluding tert-OH is 1. The highest BCUT2D eigenvalue weighted by atomic mass is 79.9. The van der Waals surface area contributed by atoms with Crippen molar-refractivity contribution in [2.24, 2.45) is 5.73 Å². The number of nitrogens with zero attached hydrogens (tertiary/aromatic N) is 4. The number of carbonyl (C=O) groups excluding carboxylic acids is 1. The van der Waals surface area contributed by atoms with Crippen LogP contribution in [0.3, 0.4) is 0 Å². The van der Waals surface area contributed by atoms with E-state index in [4.69, 9.17) is 25.0 Å². The number of alkyl halides is 1. The first-order valence-electron chi connectivity index (χ1n) is 17.3. The van der Waals surface area contributed by atoms with Crippen molar-refractivity contribution in [1.29, 1.82) is 0 Å². The lowest BCUT2D eigenvalue weighted by Crippen LogP contribution is -2.36. The van der Waals surface area contributed by atoms with Crippen molar-refractivity contribution in [1.82, 2.24) is 19.2 Å². The maximum Gasteiger partial charge on any atom is 0.355 e. The predicted octanol–water partition coefficient (Wildman–Crippen LogP) is 5.91. The standard InChI is InChI=1S/C38H46BrN5O5/c1-2-48-38(46)37-30(14-7-22-49-34-15-5-10-27-9-3-4-11-28(27)34)29-12-6-13-31(36(29)43(37)17-8-16-40)35-32(25-39)41-44(18-21-45)33(35)26-42-19-23-47-24-20-42/h3-6,9-13,15,45H,2,7-8,14,16-26,40H2,1H3. The number of aryl methyl sites for hydroxylation is 2. The molecule has 3 heterocycles. The van der Waals surface area contributed by atoms with Gasteiger partial charge in [-0.3, -0.25) is 9.58 Å². The molecule has 0 saturated carbocycles. The minimum absolute atomic E-state index is 0.0198. The zero-order valence-corrected chi connectivity index (χ0v) is 29.8. The van der Waals surface area contributed by atoms with Gasteiger partial charge < -0.3 is 29.6 Å². The summed E-state index contributed by atoms with van der Waals surface area (Å²) in [5.41, 5.74) is 12.5. The van der Waals surface area contributed by atoms with E-state index in [0.29, 0.717) is 76.3 Å². The lowest BCUT2D eigenvalue weighted by molar-refractivity contribution is 0.0329. The van der Waals surface area contributed by atoms with Gasteiger partial charge in [-0.25, -0.2) is 4.79 Å². The van der Waals surface area contributed by atoms with Crippen molar-refractivity contribution in [3.05, 3.63) is 83.3 Å². The van der Waals surface area contributed by atoms with Gasteiger partial charge in [-0.2, -0.15) is 5.10 Å². The summed E-state index contributed by atoms with van der Waals surface area (Å²) in [6.45, 7) is 7.71. The average Bonchev–Trinajstić information content (AvgIpc) is 3.64. The molecule has 0 unspecified atom stereocenters. The lowest BCUT2D eigenvalue weighted by Gasteiger charge is -2.27. The number of halogens is 1. The number of hydrogen-bond donors (Lipinski definition) is 2. The Balaban J connectivity index is 1.45. The predicted molar refractivity (Wildman–Crippen MR) is 196 cm³/mol. The van der Waals surface area contributed by atoms with Crippen molar-refractivity contribution >= 4 is 43.6 Å². The van der Waals surface area contributed by atoms with Crippen molar-refractivity contribution in [2.45, 2.75) is 51.2 Å². The number of fused-ring (bicyclic) bond motifs is 2. The molecule has 0 bridgehead atoms. The fraction of sp³-hybridized carbons (Fsp3) is 0.421. The van der Waals surface area contributed by atoms with Gasteiger partial charge in [0.15, 0.2) is 0 Å². The Morgan fingerprint density at radius 3 is 2.57 bits per heavy atom. The molecule has 11 heteroatoms. The average molecular weight is 733 g/mol. The molecule has 0 amide bonds. The fourth-order valence-electron chi connectivity index (χ4n) is 6.96. The number of morpholine rings is 1. The number of esters is 1. The number of benzene rings is 3. The molecule has 1 aliphatic heterocycles. The lowest BCUT2D eigenvalue weighted by atomic mass is 9.98. The summed E-state index contributed by atoms with van der Waals surface area (Å²) in [6.07, 6.45) is 2.04. The molecule has 260 valence electrons. The molecule has 0 aliphatic carbocycles. The van der Waals surface area contributed by atoms with Crippen LogP contribution in [0.1, 0.15) is 47.2 Å². The van der Waals surface area contributed by atoms with E-state index < -0.39 is 0 Å². The van der Waals surface area contributed by atoms with Crippen LogP contribution in [0.2, 0.25) is 0 Å². The molecule has 2 aromatic heterocycles. The number of carbonyl (C=O) groups is 1. The summed E-state index contributed by atoms with van der Waals surface area (Å²) in [5, 5.41) is 18.7. The maximum atomic E-state index is 13.8. The molecule has 0 radical (unpaired) electrons. The Kier molecular flexibility index (Phi) is 12.0. The molecule has 1 saturated heterocycles. The van der Waals surface area contributed by atoms with Gasteiger partial charge in [0.1, 0.15) is 11.4 Å². The van der Waals surface area contributed by atoms with E-state index in [-0.39, 0.29) is 19.2 Å². The van der Waals surface area contributed by atoms with Gasteiger partial charge in [-0.1, -0.05) is 70.5 Å². The van der Waals surface area contributed by atoms with E-state index in [9.17, 15) is 9.90 Å². The Labute approximate surface area is 295 Å². The molecule has 0 spiro atoms. The van der Waals surface area contributed by atoms with Gasteiger partial charge in [0.2, 0.25) is 0 Å². The highest BCUT2D eigenvalue weighted by molar-refractivity contribution is 9.08. The van der Waals surface area contributed by atoms with Crippen LogP contribution < -0.4 is 10.5 Å². The largest absolute Gasteiger partial charge is 0.493 e. The Morgan fingerprint density at radius 2 is 1.80 bits per heavy atom. The first-order valence-corrected chi connectivity index (χ1v) is 18.4. The summed E-state index contributed by atoms with van der Waals surface area (Å²) in [7, 11) is 0. The summed E-state index contributed by atoms with van der Waals surface area (Å²) in [6, 6.07) is 20.6. The van der Waals surface area contributed by atoms with Crippen LogP contribution in [0.15, 0.2) is 60.7 Å². The maximum absolute atomic E-state index is 13.8. The van der Waals surface area contributed by atoms with E-state index in [2.05, 4.69) is 61.8 Å². The fourth-order valence-corrected chi connectivity index (χ4v) is 7.35. The second kappa shape index (κ2) is 16.8. The molecule has 10 nitrogen and oxygen atoms in total. The molecular formula is C38H46BrN5O5. The third-order valence-corrected chi connectivity index (χ3v) is 9.67. The molecule has 5 aromatic rings. The molecule has 3 N–H and O–H groups in total. The summed E-state index contributed by atoms with van der Waals surface area (Å²) < 4.78 is 21.7. The Hall–Kier alpha value is -3.74. The number of para-hydroxylation sites is 1. The number of aromatic nitrogens is 3. The Morgan fingerprint density at radius 1 is 1.02 bits per heavy atom. The number of rotatable bonds is 16. The van der Waals surface area contributed by atoms with Crippen LogP contribution in [-0.2, 0) is 40.9 Å². The van der Waals surface area contributed by atoms with Crippen molar-refractivity contribution in [2.75, 3.05) is 52.7 Å². The van der Waals surface area contributed by atoms with Crippen LogP contribution in [0, 0.1) is 0 Å². The SMILES string of the molecule is CCOC(=O)c1c(CCCOc2cccc3ccccc23)c2cccc(-c3c(CBr)nn(CCO)c3CN3CCOCC3)c2n1CCCN. The summed E-state index contributed by atoms with van der Waals surface area (Å²) in [4.78, 5) is 16.2. The zero-order valence-electron chi connectivity index (χ0n) is 28.2. The van der Waals surface area contributed by atoms with Gasteiger partial charge in [0.25, 0.3) is 0 Å². The number of hydrogen-bond acceptors (Lipinski definition) is 8. The van der Waals surface area contributed by atoms with Crippen LogP contribution in [-0.4, -0.2) is 83.0 Å². The van der Waals surface area contributed by atoms with Gasteiger partial charge in [-0.05, 0) is 49.7 Å². The molecule has 1 fully saturated rings. The number of nitrogens with two attached hydrogens (primary N) is 1. The van der Waals surface area contributed by atoms with Gasteiger partial charge in [0, 0.05) is 53.4 Å². The van der Waals surface area contributed by atoms with Crippen molar-refractivity contribution < 1.29 is 24.1 Å². The highest BCUT2D eigenvalue weighted by Crippen LogP contribution is 2.40. The van der Waals surface area contributed by atoms with Crippen molar-refractivity contribution in [3.63, 3.8) is 0 Å². The van der Waals surface area contributed by atoms with E-state index in [1.165, 1.54) is 0 Å². The van der Waals surface area contributed by atoms with E-state index in [1.54, 1.807) is 0 Å². The van der Waals surface area contributed by atoms with E-state index in [1.807, 2.05) is 35.9 Å². The molecule has 49 heavy (non-hydrogen) atoms. The van der Waals surface area contributed by atoms with Crippen molar-refractivity contribution in [3.8, 4) is 16.9 Å². The first kappa shape index (κ1) is 35.1. The van der Waals surface area contributed by atoms with E-state index in [0.717, 1.165) is 68.6 Å². The number of ether oxygens (including phenoxy) is 3. The van der Waals surface area contributed by atoms with E-state index >= 15 is 0 Å². The number of aliphatic hydroxyl groups is 1. The van der Waals surface area contributed by atoms with Gasteiger partial charge >= 0.3 is 5.97 Å². The summed E-state index contributed by atoms with van der Waals surface area (Å²) >= 11 is 3.71. The van der Waals surface area contributed by atoms with Crippen LogP contribution in [0.4, 0.5) is 0 Å². The second-order valence-electron chi connectivity index (χ2n) is 12.2. The van der Waals surface area contributed by atoms with Gasteiger partial charge in [0.05, 0.1) is 56.5 Å². The minimum atomic E-state index is -0.336. The highest BCUT2D eigenvalue weighted by Gasteiger charge is 2.29. The quantitative estimate of drug-likeness (QED) is 0.0731. The normalized spacial score (nSPS) is 13.8. The summed E-state index contributed by atoms with van der Waals surface area (Å²) in [5.74, 6) is 0.517. The molecule has 6 rings (SSSR count). The monoisotopic (exact) mass is 731 g/mol. The first-order chi connectivity index (χ1) is 24.1. The molecule has 3 aromatic carbocycles. The van der Waals surface area contributed by atoms with Crippen LogP contribution >= 0.6 is 15.9 Å². The molecule has 0 atom stereocenters. The Bertz CT molecular complexity index is 1870. The zero-order chi connectivity index (χ0) is 34.2. The topological polar surface area (TPSA) is 117 Å². The molecule has 1 aliphatic rings. The van der Waals surface area contributed by atoms with Gasteiger partial charge in [-0.15, -0.1) is 0 Å². The van der Waals surface area contributed by atoms with Crippen LogP contribution in [0.5, 0.6) is 5.75 Å². The second-order valence-corrected chi connectivity index (χ2v) is 12.8. The van der Waals surface area contributed by atoms with Crippen LogP contribution in [0.25, 0.3) is 32.8 Å². The third-order valence-electron chi connectivity index (χ3n) is 9.13. The minimum Gasteiger partial charge on any atom is -0.493 e. The smallest absolute Gasteiger partial charge is 0.355 e. The molecular weight excluding hydrogens is 686 g/mol. The third kappa shape index (κ3) is 7.56.